The van der Waals surface area contributed by atoms with Gasteiger partial charge in [-0.1, -0.05) is 24.5 Å². The molecule has 0 radical (unpaired) electrons. The topological polar surface area (TPSA) is 92.6 Å². The Morgan fingerprint density at radius 1 is 1.16 bits per heavy atom. The summed E-state index contributed by atoms with van der Waals surface area (Å²) in [4.78, 5) is 0. The van der Waals surface area contributed by atoms with Crippen molar-refractivity contribution in [1.82, 2.24) is 20.2 Å². The van der Waals surface area contributed by atoms with Gasteiger partial charge in [0.05, 0.1) is 11.6 Å². The van der Waals surface area contributed by atoms with Gasteiger partial charge in [0.25, 0.3) is 0 Å². The number of rotatable bonds is 10. The van der Waals surface area contributed by atoms with Crippen LogP contribution in [0.3, 0.4) is 0 Å². The van der Waals surface area contributed by atoms with Crippen molar-refractivity contribution in [3.63, 3.8) is 0 Å². The molecule has 2 aromatic carbocycles. The van der Waals surface area contributed by atoms with Gasteiger partial charge < -0.3 is 24.3 Å². The van der Waals surface area contributed by atoms with Crippen LogP contribution >= 0.6 is 15.9 Å². The van der Waals surface area contributed by atoms with Crippen LogP contribution in [0.15, 0.2) is 34.8 Å². The van der Waals surface area contributed by atoms with Gasteiger partial charge in [0.15, 0.2) is 23.0 Å². The minimum Gasteiger partial charge on any atom is -0.493 e. The van der Waals surface area contributed by atoms with Crippen molar-refractivity contribution in [2.75, 3.05) is 19.2 Å². The average molecular weight is 490 g/mol. The minimum atomic E-state index is 0.249. The Morgan fingerprint density at radius 2 is 2.03 bits per heavy atom. The quantitative estimate of drug-likeness (QED) is 0.453. The molecule has 9 nitrogen and oxygen atoms in total. The van der Waals surface area contributed by atoms with Crippen molar-refractivity contribution in [2.24, 2.45) is 0 Å². The number of nitrogens with zero attached hydrogens (tertiary/aromatic N) is 4. The maximum atomic E-state index is 6.05. The molecule has 1 aromatic heterocycles. The Bertz CT molecular complexity index is 1040. The van der Waals surface area contributed by atoms with Crippen LogP contribution in [0.1, 0.15) is 30.9 Å². The summed E-state index contributed by atoms with van der Waals surface area (Å²) in [5.41, 5.74) is 1.98. The number of ether oxygens (including phenoxy) is 4. The lowest BCUT2D eigenvalue weighted by atomic mass is 10.2. The monoisotopic (exact) mass is 489 g/mol. The number of hydrogen-bond acceptors (Lipinski definition) is 8. The highest BCUT2D eigenvalue weighted by atomic mass is 79.9. The van der Waals surface area contributed by atoms with E-state index in [2.05, 4.69) is 43.7 Å². The van der Waals surface area contributed by atoms with Crippen molar-refractivity contribution in [1.29, 1.82) is 0 Å². The molecule has 0 spiro atoms. The van der Waals surface area contributed by atoms with Crippen molar-refractivity contribution < 1.29 is 18.9 Å². The number of unbranched alkanes of at least 4 members (excludes halogenated alkanes) is 1. The van der Waals surface area contributed by atoms with Crippen LogP contribution in [0.25, 0.3) is 0 Å². The summed E-state index contributed by atoms with van der Waals surface area (Å²) in [6.07, 6.45) is 2.10. The number of hydrogen-bond donors (Lipinski definition) is 1. The molecule has 2 heterocycles. The van der Waals surface area contributed by atoms with Gasteiger partial charge >= 0.3 is 0 Å². The third kappa shape index (κ3) is 5.01. The number of nitrogens with one attached hydrogen (secondary N) is 1. The van der Waals surface area contributed by atoms with Gasteiger partial charge in [-0.25, -0.2) is 4.68 Å². The van der Waals surface area contributed by atoms with Gasteiger partial charge in [-0.2, -0.15) is 0 Å². The molecule has 0 amide bonds. The fourth-order valence-electron chi connectivity index (χ4n) is 3.17. The zero-order valence-corrected chi connectivity index (χ0v) is 19.0. The van der Waals surface area contributed by atoms with Crippen molar-refractivity contribution in [2.45, 2.75) is 39.5 Å². The summed E-state index contributed by atoms with van der Waals surface area (Å²) < 4.78 is 25.0. The molecule has 0 fully saturated rings. The summed E-state index contributed by atoms with van der Waals surface area (Å²) >= 11 is 3.61. The number of methoxy groups -OCH3 is 1. The molecular weight excluding hydrogens is 466 g/mol. The zero-order valence-electron chi connectivity index (χ0n) is 17.4. The Labute approximate surface area is 188 Å². The minimum absolute atomic E-state index is 0.249. The lowest BCUT2D eigenvalue weighted by molar-refractivity contribution is 0.174. The van der Waals surface area contributed by atoms with E-state index < -0.39 is 0 Å². The second-order valence-electron chi connectivity index (χ2n) is 7.02. The number of fused-ring (bicyclic) bond motifs is 1. The van der Waals surface area contributed by atoms with E-state index in [-0.39, 0.29) is 6.79 Å². The van der Waals surface area contributed by atoms with Gasteiger partial charge in [-0.15, -0.1) is 0 Å². The Hall–Kier alpha value is -3.01. The van der Waals surface area contributed by atoms with Gasteiger partial charge in [-0.3, -0.25) is 0 Å². The second-order valence-corrected chi connectivity index (χ2v) is 7.87. The van der Waals surface area contributed by atoms with E-state index in [1.165, 1.54) is 0 Å². The van der Waals surface area contributed by atoms with E-state index in [0.29, 0.717) is 30.6 Å². The maximum absolute atomic E-state index is 6.05. The average Bonchev–Trinajstić information content (AvgIpc) is 3.43. The molecule has 1 aliphatic rings. The number of aryl methyl sites for hydroxylation is 1. The van der Waals surface area contributed by atoms with Crippen LogP contribution in [0.4, 0.5) is 5.95 Å². The van der Waals surface area contributed by atoms with Crippen LogP contribution in [0.5, 0.6) is 23.0 Å². The number of anilines is 1. The fraction of sp³-hybridized carbons (Fsp3) is 0.381. The van der Waals surface area contributed by atoms with Gasteiger partial charge in [0.1, 0.15) is 6.61 Å². The number of aromatic nitrogens is 4. The van der Waals surface area contributed by atoms with E-state index in [9.17, 15) is 0 Å². The molecule has 0 saturated carbocycles. The van der Waals surface area contributed by atoms with Crippen LogP contribution in [-0.4, -0.2) is 34.1 Å². The molecule has 10 heteroatoms. The fourth-order valence-corrected chi connectivity index (χ4v) is 3.78. The molecule has 1 aliphatic heterocycles. The second kappa shape index (κ2) is 9.86. The predicted octanol–water partition coefficient (Wildman–Crippen LogP) is 4.16. The first-order valence-corrected chi connectivity index (χ1v) is 10.8. The van der Waals surface area contributed by atoms with Crippen LogP contribution < -0.4 is 24.3 Å². The number of halogens is 1. The highest BCUT2D eigenvalue weighted by Gasteiger charge is 2.16. The Kier molecular flexibility index (Phi) is 6.76. The predicted molar refractivity (Wildman–Crippen MR) is 118 cm³/mol. The lowest BCUT2D eigenvalue weighted by Crippen LogP contribution is -2.09. The van der Waals surface area contributed by atoms with Gasteiger partial charge in [0.2, 0.25) is 12.7 Å². The van der Waals surface area contributed by atoms with E-state index in [0.717, 1.165) is 46.5 Å². The van der Waals surface area contributed by atoms with Gasteiger partial charge in [0, 0.05) is 13.1 Å². The van der Waals surface area contributed by atoms with Crippen LogP contribution in [0.2, 0.25) is 0 Å². The summed E-state index contributed by atoms with van der Waals surface area (Å²) in [6.45, 7) is 4.09. The number of benzene rings is 2. The first kappa shape index (κ1) is 21.2. The maximum Gasteiger partial charge on any atom is 0.243 e. The molecular formula is C21H24BrN5O4. The Balaban J connectivity index is 1.42. The molecule has 0 bridgehead atoms. The molecule has 164 valence electrons. The zero-order chi connectivity index (χ0) is 21.6. The normalized spacial score (nSPS) is 12.1. The number of tetrazole rings is 1. The van der Waals surface area contributed by atoms with Crippen molar-refractivity contribution in [3.05, 3.63) is 45.9 Å². The van der Waals surface area contributed by atoms with Crippen molar-refractivity contribution in [3.8, 4) is 23.0 Å². The van der Waals surface area contributed by atoms with E-state index in [1.807, 2.05) is 30.3 Å². The molecule has 0 saturated heterocycles. The molecule has 0 aliphatic carbocycles. The molecule has 0 unspecified atom stereocenters. The highest BCUT2D eigenvalue weighted by Crippen LogP contribution is 2.38. The summed E-state index contributed by atoms with van der Waals surface area (Å²) in [5, 5.41) is 15.1. The third-order valence-electron chi connectivity index (χ3n) is 4.82. The summed E-state index contributed by atoms with van der Waals surface area (Å²) in [7, 11) is 1.62. The molecule has 1 N–H and O–H groups in total. The molecule has 4 rings (SSSR count). The molecule has 0 atom stereocenters. The first-order chi connectivity index (χ1) is 15.2. The molecule has 31 heavy (non-hydrogen) atoms. The summed E-state index contributed by atoms with van der Waals surface area (Å²) in [6, 6.07) is 9.69. The largest absolute Gasteiger partial charge is 0.493 e. The van der Waals surface area contributed by atoms with Gasteiger partial charge in [-0.05, 0) is 68.2 Å². The standard InChI is InChI=1S/C21H24BrN5O4/c1-3-4-7-27-21(24-25-26-27)23-11-15-8-16(22)20(19(10-15)28-2)29-12-14-5-6-17-18(9-14)31-13-30-17/h5-6,8-10H,3-4,7,11-13H2,1-2H3,(H,23,24,26). The third-order valence-corrected chi connectivity index (χ3v) is 5.40. The van der Waals surface area contributed by atoms with E-state index in [4.69, 9.17) is 18.9 Å². The smallest absolute Gasteiger partial charge is 0.243 e. The van der Waals surface area contributed by atoms with E-state index in [1.54, 1.807) is 11.8 Å². The summed E-state index contributed by atoms with van der Waals surface area (Å²) in [5.74, 6) is 3.40. The first-order valence-electron chi connectivity index (χ1n) is 10.1. The Morgan fingerprint density at radius 3 is 2.87 bits per heavy atom. The van der Waals surface area contributed by atoms with Crippen LogP contribution in [0, 0.1) is 0 Å². The van der Waals surface area contributed by atoms with E-state index >= 15 is 0 Å². The van der Waals surface area contributed by atoms with Crippen molar-refractivity contribution >= 4 is 21.9 Å². The lowest BCUT2D eigenvalue weighted by Gasteiger charge is -2.15. The van der Waals surface area contributed by atoms with Crippen LogP contribution in [-0.2, 0) is 19.7 Å². The highest BCUT2D eigenvalue weighted by molar-refractivity contribution is 9.10. The SMILES string of the molecule is CCCCn1nnnc1NCc1cc(Br)c(OCc2ccc3c(c2)OCO3)c(OC)c1. The molecule has 3 aromatic rings.